The van der Waals surface area contributed by atoms with E-state index >= 15 is 0 Å². The van der Waals surface area contributed by atoms with E-state index in [1.165, 1.54) is 12.1 Å². The van der Waals surface area contributed by atoms with E-state index in [0.717, 1.165) is 11.1 Å². The van der Waals surface area contributed by atoms with Crippen molar-refractivity contribution in [2.24, 2.45) is 0 Å². The summed E-state index contributed by atoms with van der Waals surface area (Å²) in [5.41, 5.74) is 1.69. The van der Waals surface area contributed by atoms with Crippen molar-refractivity contribution < 1.29 is 24.2 Å². The maximum atomic E-state index is 10.7. The van der Waals surface area contributed by atoms with Gasteiger partial charge in [-0.2, -0.15) is 0 Å². The molecule has 0 aliphatic rings. The molecule has 0 saturated carbocycles. The van der Waals surface area contributed by atoms with Crippen LogP contribution in [0.3, 0.4) is 0 Å². The molecule has 0 amide bonds. The summed E-state index contributed by atoms with van der Waals surface area (Å²) in [5, 5.41) is 23.2. The lowest BCUT2D eigenvalue weighted by Crippen LogP contribution is -2.20. The van der Waals surface area contributed by atoms with E-state index in [9.17, 15) is 10.1 Å². The van der Waals surface area contributed by atoms with Crippen LogP contribution in [0.25, 0.3) is 0 Å². The molecule has 2 aromatic carbocycles. The predicted octanol–water partition coefficient (Wildman–Crippen LogP) is 3.32. The highest BCUT2D eigenvalue weighted by atomic mass is 35.5. The van der Waals surface area contributed by atoms with Crippen LogP contribution in [0.1, 0.15) is 18.1 Å². The van der Waals surface area contributed by atoms with Crippen LogP contribution < -0.4 is 14.8 Å². The quantitative estimate of drug-likeness (QED) is 0.289. The lowest BCUT2D eigenvalue weighted by molar-refractivity contribution is -0.384. The van der Waals surface area contributed by atoms with Gasteiger partial charge in [-0.3, -0.25) is 10.1 Å². The van der Waals surface area contributed by atoms with Crippen molar-refractivity contribution in [1.82, 2.24) is 5.32 Å². The summed E-state index contributed by atoms with van der Waals surface area (Å²) in [6.45, 7) is 4.55. The third kappa shape index (κ3) is 7.51. The second kappa shape index (κ2) is 12.2. The first-order chi connectivity index (χ1) is 14.0. The number of nitrogens with one attached hydrogen (secondary N) is 1. The zero-order chi connectivity index (χ0) is 21.1. The molecule has 0 aliphatic heterocycles. The van der Waals surface area contributed by atoms with Gasteiger partial charge in [-0.15, -0.1) is 0 Å². The summed E-state index contributed by atoms with van der Waals surface area (Å²) in [5.74, 6) is 1.08. The second-order valence-electron chi connectivity index (χ2n) is 6.05. The maximum absolute atomic E-state index is 10.7. The summed E-state index contributed by atoms with van der Waals surface area (Å²) in [6.07, 6.45) is 0. The van der Waals surface area contributed by atoms with Gasteiger partial charge in [0.1, 0.15) is 6.61 Å². The van der Waals surface area contributed by atoms with Crippen molar-refractivity contribution in [3.63, 3.8) is 0 Å². The van der Waals surface area contributed by atoms with E-state index in [1.54, 1.807) is 18.2 Å². The molecule has 0 aliphatic carbocycles. The van der Waals surface area contributed by atoms with Gasteiger partial charge in [0, 0.05) is 36.3 Å². The maximum Gasteiger partial charge on any atom is 0.269 e. The molecule has 0 aromatic heterocycles. The minimum absolute atomic E-state index is 0.00484. The Morgan fingerprint density at radius 3 is 2.52 bits per heavy atom. The second-order valence-corrected chi connectivity index (χ2v) is 6.46. The normalized spacial score (nSPS) is 10.7. The number of halogens is 1. The molecule has 29 heavy (non-hydrogen) atoms. The van der Waals surface area contributed by atoms with Gasteiger partial charge in [-0.1, -0.05) is 11.6 Å². The molecule has 9 heteroatoms. The monoisotopic (exact) mass is 424 g/mol. The number of non-ortho nitro benzene ring substituents is 1. The van der Waals surface area contributed by atoms with Crippen LogP contribution in [0.2, 0.25) is 5.02 Å². The molecule has 0 radical (unpaired) electrons. The SMILES string of the molecule is CCOc1cc(CNCCOCCO)c(Cl)cc1OCc1ccc([N+](=O)[O-])cc1. The Labute approximate surface area is 174 Å². The molecule has 0 spiro atoms. The third-order valence-electron chi connectivity index (χ3n) is 3.93. The van der Waals surface area contributed by atoms with Gasteiger partial charge in [0.25, 0.3) is 5.69 Å². The summed E-state index contributed by atoms with van der Waals surface area (Å²) >= 11 is 6.39. The topological polar surface area (TPSA) is 103 Å². The van der Waals surface area contributed by atoms with Crippen molar-refractivity contribution in [2.45, 2.75) is 20.1 Å². The highest BCUT2D eigenvalue weighted by Gasteiger charge is 2.12. The Kier molecular flexibility index (Phi) is 9.66. The van der Waals surface area contributed by atoms with E-state index in [1.807, 2.05) is 13.0 Å². The Morgan fingerprint density at radius 1 is 1.14 bits per heavy atom. The molecular weight excluding hydrogens is 400 g/mol. The Hall–Kier alpha value is -2.39. The fourth-order valence-corrected chi connectivity index (χ4v) is 2.72. The smallest absolute Gasteiger partial charge is 0.269 e. The first-order valence-electron chi connectivity index (χ1n) is 9.25. The van der Waals surface area contributed by atoms with Crippen LogP contribution in [-0.4, -0.2) is 43.0 Å². The molecule has 2 N–H and O–H groups in total. The van der Waals surface area contributed by atoms with Gasteiger partial charge >= 0.3 is 0 Å². The van der Waals surface area contributed by atoms with Crippen molar-refractivity contribution in [2.75, 3.05) is 33.0 Å². The highest BCUT2D eigenvalue weighted by molar-refractivity contribution is 6.31. The van der Waals surface area contributed by atoms with Crippen LogP contribution in [0.5, 0.6) is 11.5 Å². The first kappa shape index (κ1) is 22.9. The Balaban J connectivity index is 1.99. The standard InChI is InChI=1S/C20H25ClN2O6/c1-2-28-19-11-16(13-22-7-9-27-10-8-24)18(21)12-20(19)29-14-15-3-5-17(6-4-15)23(25)26/h3-6,11-12,22,24H,2,7-10,13-14H2,1H3. The van der Waals surface area contributed by atoms with Crippen LogP contribution in [-0.2, 0) is 17.9 Å². The molecule has 2 aromatic rings. The molecule has 8 nitrogen and oxygen atoms in total. The summed E-state index contributed by atoms with van der Waals surface area (Å²) in [6, 6.07) is 9.71. The number of nitro benzene ring substituents is 1. The molecule has 0 atom stereocenters. The summed E-state index contributed by atoms with van der Waals surface area (Å²) < 4.78 is 16.7. The number of hydrogen-bond acceptors (Lipinski definition) is 7. The molecule has 0 unspecified atom stereocenters. The number of aliphatic hydroxyl groups is 1. The molecule has 0 bridgehead atoms. The number of rotatable bonds is 13. The van der Waals surface area contributed by atoms with Crippen LogP contribution >= 0.6 is 11.6 Å². The van der Waals surface area contributed by atoms with Gasteiger partial charge in [0.15, 0.2) is 11.5 Å². The third-order valence-corrected chi connectivity index (χ3v) is 4.28. The fraction of sp³-hybridized carbons (Fsp3) is 0.400. The number of aliphatic hydroxyl groups excluding tert-OH is 1. The average Bonchev–Trinajstić information content (AvgIpc) is 2.71. The molecular formula is C20H25ClN2O6. The largest absolute Gasteiger partial charge is 0.490 e. The zero-order valence-electron chi connectivity index (χ0n) is 16.2. The number of nitrogens with zero attached hydrogens (tertiary/aromatic N) is 1. The Bertz CT molecular complexity index is 785. The lowest BCUT2D eigenvalue weighted by atomic mass is 10.2. The summed E-state index contributed by atoms with van der Waals surface area (Å²) in [4.78, 5) is 10.3. The molecule has 2 rings (SSSR count). The molecule has 0 saturated heterocycles. The van der Waals surface area contributed by atoms with Gasteiger partial charge in [-0.05, 0) is 36.2 Å². The minimum Gasteiger partial charge on any atom is -0.490 e. The van der Waals surface area contributed by atoms with Crippen molar-refractivity contribution in [1.29, 1.82) is 0 Å². The van der Waals surface area contributed by atoms with Gasteiger partial charge in [0.05, 0.1) is 31.4 Å². The van der Waals surface area contributed by atoms with Gasteiger partial charge in [0.2, 0.25) is 0 Å². The summed E-state index contributed by atoms with van der Waals surface area (Å²) in [7, 11) is 0. The highest BCUT2D eigenvalue weighted by Crippen LogP contribution is 2.34. The van der Waals surface area contributed by atoms with Crippen LogP contribution in [0, 0.1) is 10.1 Å². The van der Waals surface area contributed by atoms with E-state index in [4.69, 9.17) is 30.9 Å². The van der Waals surface area contributed by atoms with Crippen LogP contribution in [0.15, 0.2) is 36.4 Å². The Morgan fingerprint density at radius 2 is 1.86 bits per heavy atom. The van der Waals surface area contributed by atoms with Crippen molar-refractivity contribution in [3.05, 3.63) is 62.7 Å². The molecule has 0 heterocycles. The van der Waals surface area contributed by atoms with Crippen molar-refractivity contribution in [3.8, 4) is 11.5 Å². The lowest BCUT2D eigenvalue weighted by Gasteiger charge is -2.15. The minimum atomic E-state index is -0.441. The van der Waals surface area contributed by atoms with Gasteiger partial charge < -0.3 is 24.6 Å². The number of hydrogen-bond donors (Lipinski definition) is 2. The predicted molar refractivity (Wildman–Crippen MR) is 110 cm³/mol. The van der Waals surface area contributed by atoms with E-state index < -0.39 is 4.92 Å². The van der Waals surface area contributed by atoms with E-state index in [-0.39, 0.29) is 18.9 Å². The molecule has 0 fully saturated rings. The zero-order valence-corrected chi connectivity index (χ0v) is 17.0. The fourth-order valence-electron chi connectivity index (χ4n) is 2.50. The van der Waals surface area contributed by atoms with Crippen molar-refractivity contribution >= 4 is 17.3 Å². The molecule has 158 valence electrons. The average molecular weight is 425 g/mol. The van der Waals surface area contributed by atoms with E-state index in [2.05, 4.69) is 5.32 Å². The first-order valence-corrected chi connectivity index (χ1v) is 9.63. The van der Waals surface area contributed by atoms with Crippen LogP contribution in [0.4, 0.5) is 5.69 Å². The number of benzene rings is 2. The van der Waals surface area contributed by atoms with E-state index in [0.29, 0.717) is 49.4 Å². The van der Waals surface area contributed by atoms with Gasteiger partial charge in [-0.25, -0.2) is 0 Å². The number of ether oxygens (including phenoxy) is 3. The number of nitro groups is 1.